The number of fused-ring (bicyclic) bond motifs is 1. The summed E-state index contributed by atoms with van der Waals surface area (Å²) < 4.78 is 5.04. The van der Waals surface area contributed by atoms with Crippen LogP contribution in [0.25, 0.3) is 0 Å². The zero-order valence-corrected chi connectivity index (χ0v) is 14.7. The molecule has 1 aliphatic heterocycles. The van der Waals surface area contributed by atoms with E-state index in [1.807, 2.05) is 0 Å². The standard InChI is InChI=1S/C20H24N2O3/c1-14(22-10-9-15-5-3-4-6-16(15)13-22)12-21-20(24)18-8-7-17(25-2)11-19(18)23/h3-8,11,14,23H,9-10,12-13H2,1-2H3,(H,21,24)/t14-/m1/s1. The van der Waals surface area contributed by atoms with E-state index in [0.29, 0.717) is 12.3 Å². The molecule has 0 aromatic heterocycles. The van der Waals surface area contributed by atoms with Gasteiger partial charge in [0.2, 0.25) is 0 Å². The fourth-order valence-electron chi connectivity index (χ4n) is 3.19. The molecule has 132 valence electrons. The van der Waals surface area contributed by atoms with E-state index < -0.39 is 0 Å². The van der Waals surface area contributed by atoms with Crippen LogP contribution in [0.5, 0.6) is 11.5 Å². The average Bonchev–Trinajstić information content (AvgIpc) is 2.65. The highest BCUT2D eigenvalue weighted by Crippen LogP contribution is 2.23. The zero-order valence-electron chi connectivity index (χ0n) is 14.7. The number of aromatic hydroxyl groups is 1. The second kappa shape index (κ2) is 7.57. The van der Waals surface area contributed by atoms with Crippen molar-refractivity contribution in [2.75, 3.05) is 20.2 Å². The summed E-state index contributed by atoms with van der Waals surface area (Å²) >= 11 is 0. The average molecular weight is 340 g/mol. The van der Waals surface area contributed by atoms with Gasteiger partial charge in [-0.1, -0.05) is 24.3 Å². The first-order valence-electron chi connectivity index (χ1n) is 8.54. The molecule has 0 fully saturated rings. The van der Waals surface area contributed by atoms with Crippen LogP contribution < -0.4 is 10.1 Å². The Morgan fingerprint density at radius 2 is 2.04 bits per heavy atom. The van der Waals surface area contributed by atoms with Gasteiger partial charge in [0.1, 0.15) is 11.5 Å². The number of benzene rings is 2. The summed E-state index contributed by atoms with van der Waals surface area (Å²) in [6, 6.07) is 13.4. The van der Waals surface area contributed by atoms with Crippen LogP contribution in [-0.2, 0) is 13.0 Å². The van der Waals surface area contributed by atoms with E-state index in [0.717, 1.165) is 19.5 Å². The minimum atomic E-state index is -0.274. The van der Waals surface area contributed by atoms with Gasteiger partial charge in [0.05, 0.1) is 12.7 Å². The Labute approximate surface area is 148 Å². The molecular weight excluding hydrogens is 316 g/mol. The second-order valence-electron chi connectivity index (χ2n) is 6.43. The number of amides is 1. The van der Waals surface area contributed by atoms with Gasteiger partial charge in [-0.15, -0.1) is 0 Å². The van der Waals surface area contributed by atoms with Gasteiger partial charge in [0, 0.05) is 31.7 Å². The van der Waals surface area contributed by atoms with Crippen LogP contribution in [0, 0.1) is 0 Å². The van der Waals surface area contributed by atoms with Crippen molar-refractivity contribution in [3.8, 4) is 11.5 Å². The summed E-state index contributed by atoms with van der Waals surface area (Å²) in [6.07, 6.45) is 1.04. The van der Waals surface area contributed by atoms with Gasteiger partial charge in [-0.2, -0.15) is 0 Å². The van der Waals surface area contributed by atoms with E-state index in [4.69, 9.17) is 4.74 Å². The van der Waals surface area contributed by atoms with Gasteiger partial charge in [-0.25, -0.2) is 0 Å². The third-order valence-corrected chi connectivity index (χ3v) is 4.79. The normalized spacial score (nSPS) is 15.3. The van der Waals surface area contributed by atoms with E-state index in [9.17, 15) is 9.90 Å². The van der Waals surface area contributed by atoms with Crippen molar-refractivity contribution in [3.05, 3.63) is 59.2 Å². The van der Waals surface area contributed by atoms with Gasteiger partial charge in [0.25, 0.3) is 5.91 Å². The first-order valence-corrected chi connectivity index (χ1v) is 8.54. The lowest BCUT2D eigenvalue weighted by Gasteiger charge is -2.33. The second-order valence-corrected chi connectivity index (χ2v) is 6.43. The van der Waals surface area contributed by atoms with E-state index in [1.165, 1.54) is 24.3 Å². The van der Waals surface area contributed by atoms with Crippen LogP contribution in [-0.4, -0.2) is 42.2 Å². The Morgan fingerprint density at radius 3 is 2.76 bits per heavy atom. The third kappa shape index (κ3) is 3.94. The Kier molecular flexibility index (Phi) is 5.24. The van der Waals surface area contributed by atoms with Crippen molar-refractivity contribution in [2.24, 2.45) is 0 Å². The minimum absolute atomic E-state index is 0.0728. The lowest BCUT2D eigenvalue weighted by Crippen LogP contribution is -2.44. The minimum Gasteiger partial charge on any atom is -0.507 e. The maximum Gasteiger partial charge on any atom is 0.255 e. The maximum absolute atomic E-state index is 12.3. The van der Waals surface area contributed by atoms with Crippen molar-refractivity contribution < 1.29 is 14.6 Å². The number of phenols is 1. The van der Waals surface area contributed by atoms with Crippen molar-refractivity contribution in [3.63, 3.8) is 0 Å². The van der Waals surface area contributed by atoms with Crippen LogP contribution in [0.4, 0.5) is 0 Å². The number of hydrogen-bond donors (Lipinski definition) is 2. The molecule has 1 atom stereocenters. The fraction of sp³-hybridized carbons (Fsp3) is 0.350. The fourth-order valence-corrected chi connectivity index (χ4v) is 3.19. The van der Waals surface area contributed by atoms with E-state index in [1.54, 1.807) is 12.1 Å². The van der Waals surface area contributed by atoms with Crippen LogP contribution in [0.2, 0.25) is 0 Å². The molecule has 3 rings (SSSR count). The molecule has 2 aromatic carbocycles. The summed E-state index contributed by atoms with van der Waals surface area (Å²) in [5, 5.41) is 12.9. The number of carbonyl (C=O) groups excluding carboxylic acids is 1. The number of ether oxygens (including phenoxy) is 1. The Balaban J connectivity index is 1.57. The van der Waals surface area contributed by atoms with Crippen molar-refractivity contribution >= 4 is 5.91 Å². The van der Waals surface area contributed by atoms with Gasteiger partial charge in [-0.3, -0.25) is 9.69 Å². The molecule has 5 nitrogen and oxygen atoms in total. The molecule has 0 radical (unpaired) electrons. The highest BCUT2D eigenvalue weighted by molar-refractivity contribution is 5.97. The number of carbonyl (C=O) groups is 1. The molecule has 2 aromatic rings. The molecule has 0 unspecified atom stereocenters. The molecule has 0 saturated heterocycles. The van der Waals surface area contributed by atoms with Crippen LogP contribution in [0.1, 0.15) is 28.4 Å². The summed E-state index contributed by atoms with van der Waals surface area (Å²) in [6.45, 7) is 4.54. The molecule has 1 aliphatic rings. The van der Waals surface area contributed by atoms with E-state index >= 15 is 0 Å². The first-order chi connectivity index (χ1) is 12.1. The molecular formula is C20H24N2O3. The number of phenolic OH excluding ortho intramolecular Hbond substituents is 1. The van der Waals surface area contributed by atoms with Gasteiger partial charge < -0.3 is 15.2 Å². The maximum atomic E-state index is 12.3. The molecule has 0 saturated carbocycles. The predicted molar refractivity (Wildman–Crippen MR) is 97.0 cm³/mol. The lowest BCUT2D eigenvalue weighted by atomic mass is 9.99. The quantitative estimate of drug-likeness (QED) is 0.878. The number of nitrogens with zero attached hydrogens (tertiary/aromatic N) is 1. The highest BCUT2D eigenvalue weighted by Gasteiger charge is 2.21. The Bertz CT molecular complexity index is 760. The van der Waals surface area contributed by atoms with Crippen LogP contribution >= 0.6 is 0 Å². The molecule has 5 heteroatoms. The van der Waals surface area contributed by atoms with Crippen LogP contribution in [0.15, 0.2) is 42.5 Å². The molecule has 1 amide bonds. The molecule has 0 aliphatic carbocycles. The number of nitrogens with one attached hydrogen (secondary N) is 1. The molecule has 0 spiro atoms. The summed E-state index contributed by atoms with van der Waals surface area (Å²) in [4.78, 5) is 14.7. The van der Waals surface area contributed by atoms with E-state index in [-0.39, 0.29) is 23.3 Å². The topological polar surface area (TPSA) is 61.8 Å². The number of hydrogen-bond acceptors (Lipinski definition) is 4. The molecule has 25 heavy (non-hydrogen) atoms. The highest BCUT2D eigenvalue weighted by atomic mass is 16.5. The number of rotatable bonds is 5. The van der Waals surface area contributed by atoms with E-state index in [2.05, 4.69) is 41.4 Å². The monoisotopic (exact) mass is 340 g/mol. The van der Waals surface area contributed by atoms with Crippen molar-refractivity contribution in [2.45, 2.75) is 25.9 Å². The lowest BCUT2D eigenvalue weighted by molar-refractivity contribution is 0.0930. The Hall–Kier alpha value is -2.53. The predicted octanol–water partition coefficient (Wildman–Crippen LogP) is 2.58. The summed E-state index contributed by atoms with van der Waals surface area (Å²) in [5.74, 6) is 0.176. The molecule has 0 bridgehead atoms. The van der Waals surface area contributed by atoms with Gasteiger partial charge in [0.15, 0.2) is 0 Å². The van der Waals surface area contributed by atoms with Gasteiger partial charge >= 0.3 is 0 Å². The third-order valence-electron chi connectivity index (χ3n) is 4.79. The molecule has 2 N–H and O–H groups in total. The smallest absolute Gasteiger partial charge is 0.255 e. The Morgan fingerprint density at radius 1 is 1.28 bits per heavy atom. The van der Waals surface area contributed by atoms with Gasteiger partial charge in [-0.05, 0) is 36.6 Å². The molecule has 1 heterocycles. The summed E-state index contributed by atoms with van der Waals surface area (Å²) in [7, 11) is 1.52. The van der Waals surface area contributed by atoms with Crippen LogP contribution in [0.3, 0.4) is 0 Å². The largest absolute Gasteiger partial charge is 0.507 e. The SMILES string of the molecule is COc1ccc(C(=O)NC[C@@H](C)N2CCc3ccccc3C2)c(O)c1. The zero-order chi connectivity index (χ0) is 17.8. The van der Waals surface area contributed by atoms with Crippen molar-refractivity contribution in [1.29, 1.82) is 0 Å². The number of methoxy groups -OCH3 is 1. The van der Waals surface area contributed by atoms with Crippen molar-refractivity contribution in [1.82, 2.24) is 10.2 Å². The first kappa shape index (κ1) is 17.3. The summed E-state index contributed by atoms with van der Waals surface area (Å²) in [5.41, 5.74) is 3.04.